The van der Waals surface area contributed by atoms with Gasteiger partial charge >= 0.3 is 5.97 Å². The lowest BCUT2D eigenvalue weighted by Crippen LogP contribution is -2.10. The summed E-state index contributed by atoms with van der Waals surface area (Å²) in [5, 5.41) is 10.3. The number of aromatic nitrogens is 2. The number of rotatable bonds is 10. The van der Waals surface area contributed by atoms with Gasteiger partial charge in [0.1, 0.15) is 11.6 Å². The number of ether oxygens (including phenoxy) is 1. The molecule has 0 aliphatic heterocycles. The molecule has 5 rings (SSSR count). The third-order valence-corrected chi connectivity index (χ3v) is 7.87. The molecule has 0 unspecified atom stereocenters. The van der Waals surface area contributed by atoms with E-state index in [0.717, 1.165) is 34.1 Å². The maximum Gasteiger partial charge on any atom is 0.335 e. The number of carboxylic acids is 1. The van der Waals surface area contributed by atoms with Crippen molar-refractivity contribution >= 4 is 57.0 Å². The molecule has 1 heterocycles. The highest BCUT2D eigenvalue weighted by Crippen LogP contribution is 2.32. The molecule has 0 atom stereocenters. The first-order valence-corrected chi connectivity index (χ1v) is 15.9. The van der Waals surface area contributed by atoms with E-state index in [1.807, 2.05) is 59.3 Å². The molecule has 2 N–H and O–H groups in total. The second kappa shape index (κ2) is 13.0. The summed E-state index contributed by atoms with van der Waals surface area (Å²) in [6.07, 6.45) is 6.84. The number of nitrogens with one attached hydrogen (secondary N) is 1. The molecule has 0 aliphatic rings. The van der Waals surface area contributed by atoms with Gasteiger partial charge in [-0.3, -0.25) is 4.72 Å². The number of methoxy groups -OCH3 is 1. The van der Waals surface area contributed by atoms with E-state index in [9.17, 15) is 18.3 Å². The monoisotopic (exact) mass is 647 g/mol. The molecule has 8 nitrogen and oxygen atoms in total. The first-order chi connectivity index (χ1) is 21.0. The summed E-state index contributed by atoms with van der Waals surface area (Å²) in [7, 11) is -1.96. The number of nitrogens with zero attached hydrogens (tertiary/aromatic N) is 2. The Morgan fingerprint density at radius 1 is 0.955 bits per heavy atom. The smallest absolute Gasteiger partial charge is 0.335 e. The van der Waals surface area contributed by atoms with Crippen LogP contribution in [-0.4, -0.2) is 42.4 Å². The third-order valence-electron chi connectivity index (χ3n) is 6.73. The summed E-state index contributed by atoms with van der Waals surface area (Å²) in [6.45, 7) is 0.461. The molecule has 0 amide bonds. The Bertz CT molecular complexity index is 1970. The first kappa shape index (κ1) is 30.9. The fraction of sp³-hybridized carbons (Fsp3) is 0.0909. The van der Waals surface area contributed by atoms with Crippen LogP contribution < -0.4 is 9.46 Å². The Morgan fingerprint density at radius 3 is 2.30 bits per heavy atom. The van der Waals surface area contributed by atoms with E-state index in [1.54, 1.807) is 48.5 Å². The van der Waals surface area contributed by atoms with Crippen molar-refractivity contribution in [1.29, 1.82) is 0 Å². The van der Waals surface area contributed by atoms with Crippen LogP contribution in [0.15, 0.2) is 91.1 Å². The Kier molecular flexibility index (Phi) is 9.10. The van der Waals surface area contributed by atoms with Gasteiger partial charge in [0.15, 0.2) is 0 Å². The third kappa shape index (κ3) is 7.49. The molecule has 0 bridgehead atoms. The van der Waals surface area contributed by atoms with Crippen molar-refractivity contribution in [1.82, 2.24) is 9.55 Å². The van der Waals surface area contributed by atoms with Gasteiger partial charge in [0.25, 0.3) is 0 Å². The Morgan fingerprint density at radius 2 is 1.66 bits per heavy atom. The van der Waals surface area contributed by atoms with Gasteiger partial charge in [-0.15, -0.1) is 0 Å². The lowest BCUT2D eigenvalue weighted by Gasteiger charge is -2.12. The standard InChI is InChI=1S/C33H27Cl2N3O5S/c1-43-31-17-25(12-15-29(31)37-44(2,41)42)23-8-3-21(4-9-23)7-16-32-36-30(27-14-13-26(34)18-28(27)35)20-38(32)19-22-5-10-24(11-6-22)33(39)40/h3-18,20,37H,19H2,1-2H3,(H,39,40)/b16-7+. The molecule has 44 heavy (non-hydrogen) atoms. The predicted molar refractivity (Wildman–Crippen MR) is 176 cm³/mol. The lowest BCUT2D eigenvalue weighted by atomic mass is 10.0. The Balaban J connectivity index is 1.42. The molecule has 0 fully saturated rings. The van der Waals surface area contributed by atoms with Crippen LogP contribution in [0.2, 0.25) is 10.0 Å². The van der Waals surface area contributed by atoms with Crippen molar-refractivity contribution in [3.05, 3.63) is 124 Å². The van der Waals surface area contributed by atoms with Crippen LogP contribution in [0.25, 0.3) is 34.5 Å². The van der Waals surface area contributed by atoms with Crippen LogP contribution in [0.5, 0.6) is 5.75 Å². The van der Waals surface area contributed by atoms with Gasteiger partial charge < -0.3 is 14.4 Å². The van der Waals surface area contributed by atoms with Crippen LogP contribution in [0, 0.1) is 0 Å². The van der Waals surface area contributed by atoms with Gasteiger partial charge in [-0.1, -0.05) is 71.7 Å². The zero-order valence-electron chi connectivity index (χ0n) is 23.7. The van der Waals surface area contributed by atoms with E-state index >= 15 is 0 Å². The van der Waals surface area contributed by atoms with Gasteiger partial charge in [0.05, 0.1) is 35.3 Å². The fourth-order valence-electron chi connectivity index (χ4n) is 4.58. The SMILES string of the molecule is COc1cc(-c2ccc(/C=C/c3nc(-c4ccc(Cl)cc4Cl)cn3Cc3ccc(C(=O)O)cc3)cc2)ccc1NS(C)(=O)=O. The minimum atomic E-state index is -3.44. The summed E-state index contributed by atoms with van der Waals surface area (Å²) in [5.74, 6) is 0.114. The fourth-order valence-corrected chi connectivity index (χ4v) is 5.65. The molecule has 0 radical (unpaired) electrons. The lowest BCUT2D eigenvalue weighted by molar-refractivity contribution is 0.0697. The minimum absolute atomic E-state index is 0.219. The molecule has 4 aromatic carbocycles. The van der Waals surface area contributed by atoms with Crippen molar-refractivity contribution in [3.8, 4) is 28.1 Å². The maximum atomic E-state index is 11.7. The predicted octanol–water partition coefficient (Wildman–Crippen LogP) is 7.82. The number of halogens is 2. The molecule has 5 aromatic rings. The van der Waals surface area contributed by atoms with E-state index in [4.69, 9.17) is 32.9 Å². The summed E-state index contributed by atoms with van der Waals surface area (Å²) in [4.78, 5) is 16.1. The normalized spacial score (nSPS) is 11.5. The van der Waals surface area contributed by atoms with Gasteiger partial charge in [-0.2, -0.15) is 0 Å². The van der Waals surface area contributed by atoms with Gasteiger partial charge in [0.2, 0.25) is 10.0 Å². The summed E-state index contributed by atoms with van der Waals surface area (Å²) in [5.41, 5.74) is 5.63. The number of anilines is 1. The summed E-state index contributed by atoms with van der Waals surface area (Å²) in [6, 6.07) is 25.1. The number of carboxylic acid groups (broad SMARTS) is 1. The number of imidazole rings is 1. The number of benzene rings is 4. The van der Waals surface area contributed by atoms with Gasteiger partial charge in [-0.05, 0) is 70.8 Å². The number of hydrogen-bond donors (Lipinski definition) is 2. The van der Waals surface area contributed by atoms with Crippen molar-refractivity contribution in [2.45, 2.75) is 6.54 Å². The van der Waals surface area contributed by atoms with Crippen LogP contribution in [0.1, 0.15) is 27.3 Å². The van der Waals surface area contributed by atoms with Gasteiger partial charge in [0, 0.05) is 23.3 Å². The van der Waals surface area contributed by atoms with E-state index in [1.165, 1.54) is 7.11 Å². The molecular formula is C33H27Cl2N3O5S. The van der Waals surface area contributed by atoms with Crippen LogP contribution in [-0.2, 0) is 16.6 Å². The maximum absolute atomic E-state index is 11.7. The van der Waals surface area contributed by atoms with Crippen molar-refractivity contribution < 1.29 is 23.1 Å². The topological polar surface area (TPSA) is 111 Å². The number of hydrogen-bond acceptors (Lipinski definition) is 5. The summed E-state index contributed by atoms with van der Waals surface area (Å²) >= 11 is 12.6. The van der Waals surface area contributed by atoms with Crippen LogP contribution in [0.4, 0.5) is 5.69 Å². The van der Waals surface area contributed by atoms with E-state index in [0.29, 0.717) is 39.5 Å². The largest absolute Gasteiger partial charge is 0.495 e. The van der Waals surface area contributed by atoms with E-state index < -0.39 is 16.0 Å². The molecule has 11 heteroatoms. The molecule has 0 saturated carbocycles. The van der Waals surface area contributed by atoms with E-state index in [-0.39, 0.29) is 5.56 Å². The molecule has 1 aromatic heterocycles. The number of carbonyl (C=O) groups is 1. The van der Waals surface area contributed by atoms with Crippen molar-refractivity contribution in [2.24, 2.45) is 0 Å². The average Bonchev–Trinajstić information content (AvgIpc) is 3.38. The van der Waals surface area contributed by atoms with Crippen molar-refractivity contribution in [3.63, 3.8) is 0 Å². The Labute approximate surface area is 265 Å². The quantitative estimate of drug-likeness (QED) is 0.160. The highest BCUT2D eigenvalue weighted by Gasteiger charge is 2.13. The van der Waals surface area contributed by atoms with Crippen LogP contribution >= 0.6 is 23.2 Å². The highest BCUT2D eigenvalue weighted by molar-refractivity contribution is 7.92. The van der Waals surface area contributed by atoms with Crippen LogP contribution in [0.3, 0.4) is 0 Å². The number of aromatic carboxylic acids is 1. The van der Waals surface area contributed by atoms with Crippen molar-refractivity contribution in [2.75, 3.05) is 18.1 Å². The Hall–Kier alpha value is -4.57. The first-order valence-electron chi connectivity index (χ1n) is 13.3. The zero-order valence-corrected chi connectivity index (χ0v) is 26.0. The molecule has 0 saturated heterocycles. The second-order valence-electron chi connectivity index (χ2n) is 9.98. The van der Waals surface area contributed by atoms with Gasteiger partial charge in [-0.25, -0.2) is 18.2 Å². The minimum Gasteiger partial charge on any atom is -0.495 e. The molecule has 0 spiro atoms. The average molecular weight is 649 g/mol. The van der Waals surface area contributed by atoms with E-state index in [2.05, 4.69) is 4.72 Å². The second-order valence-corrected chi connectivity index (χ2v) is 12.6. The highest BCUT2D eigenvalue weighted by atomic mass is 35.5. The zero-order chi connectivity index (χ0) is 31.4. The number of sulfonamides is 1. The molecule has 224 valence electrons. The summed E-state index contributed by atoms with van der Waals surface area (Å²) < 4.78 is 33.2. The molecule has 0 aliphatic carbocycles. The molecular weight excluding hydrogens is 621 g/mol.